The summed E-state index contributed by atoms with van der Waals surface area (Å²) in [7, 11) is 0. The number of benzene rings is 4. The highest BCUT2D eigenvalue weighted by molar-refractivity contribution is 5.86. The zero-order chi connectivity index (χ0) is 27.8. The van der Waals surface area contributed by atoms with E-state index in [9.17, 15) is 0 Å². The van der Waals surface area contributed by atoms with E-state index >= 15 is 0 Å². The fourth-order valence-electron chi connectivity index (χ4n) is 6.46. The third-order valence-electron chi connectivity index (χ3n) is 8.75. The van der Waals surface area contributed by atoms with Crippen molar-refractivity contribution in [2.75, 3.05) is 0 Å². The van der Waals surface area contributed by atoms with Crippen molar-refractivity contribution in [3.05, 3.63) is 143 Å². The average Bonchev–Trinajstić information content (AvgIpc) is 3.31. The van der Waals surface area contributed by atoms with Gasteiger partial charge in [0, 0.05) is 16.2 Å². The van der Waals surface area contributed by atoms with Crippen LogP contribution >= 0.6 is 0 Å². The van der Waals surface area contributed by atoms with Gasteiger partial charge in [-0.1, -0.05) is 111 Å². The van der Waals surface area contributed by atoms with Crippen molar-refractivity contribution in [3.63, 3.8) is 0 Å². The first-order chi connectivity index (χ1) is 20.2. The second kappa shape index (κ2) is 10.3. The van der Waals surface area contributed by atoms with Crippen molar-refractivity contribution >= 4 is 46.1 Å². The van der Waals surface area contributed by atoms with Crippen molar-refractivity contribution in [2.45, 2.75) is 32.1 Å². The molecule has 2 heterocycles. The van der Waals surface area contributed by atoms with Crippen LogP contribution < -0.4 is 0 Å². The molecule has 0 radical (unpaired) electrons. The predicted molar refractivity (Wildman–Crippen MR) is 175 cm³/mol. The van der Waals surface area contributed by atoms with Gasteiger partial charge in [-0.2, -0.15) is 0 Å². The zero-order valence-corrected chi connectivity index (χ0v) is 23.5. The molecule has 41 heavy (non-hydrogen) atoms. The smallest absolute Gasteiger partial charge is 0.0709 e. The summed E-state index contributed by atoms with van der Waals surface area (Å²) in [5.41, 5.74) is 12.0. The molecule has 2 aromatic heterocycles. The Hall–Kier alpha value is -4.82. The predicted octanol–water partition coefficient (Wildman–Crippen LogP) is 10.2. The highest BCUT2D eigenvalue weighted by Crippen LogP contribution is 2.53. The molecule has 0 saturated heterocycles. The molecule has 0 atom stereocenters. The van der Waals surface area contributed by atoms with Crippen LogP contribution in [-0.4, -0.2) is 9.97 Å². The molecule has 0 spiro atoms. The van der Waals surface area contributed by atoms with Crippen molar-refractivity contribution in [3.8, 4) is 11.1 Å². The molecule has 0 amide bonds. The lowest BCUT2D eigenvalue weighted by Crippen LogP contribution is -2.23. The van der Waals surface area contributed by atoms with Gasteiger partial charge in [-0.25, -0.2) is 9.97 Å². The summed E-state index contributed by atoms with van der Waals surface area (Å²) in [5.74, 6) is 0. The monoisotopic (exact) mass is 528 g/mol. The lowest BCUT2D eigenvalue weighted by molar-refractivity contribution is 0.490. The third kappa shape index (κ3) is 4.46. The second-order valence-corrected chi connectivity index (χ2v) is 10.9. The molecule has 2 heteroatoms. The largest absolute Gasteiger partial charge is 0.248 e. The fourth-order valence-corrected chi connectivity index (χ4v) is 6.46. The number of nitrogens with zero attached hydrogens (tertiary/aromatic N) is 2. The van der Waals surface area contributed by atoms with Crippen molar-refractivity contribution < 1.29 is 0 Å². The SMILES string of the molecule is CCC1(CC)c2cc(/C=C/c3ccc4ccccc4n3)ccc2-c2ccc(/C=C/c3ccc4ccccc4n3)cc21. The molecule has 6 aromatic rings. The van der Waals surface area contributed by atoms with E-state index < -0.39 is 0 Å². The summed E-state index contributed by atoms with van der Waals surface area (Å²) in [4.78, 5) is 9.64. The first kappa shape index (κ1) is 25.2. The Labute approximate surface area is 241 Å². The van der Waals surface area contributed by atoms with Crippen LogP contribution in [0.3, 0.4) is 0 Å². The maximum atomic E-state index is 4.82. The van der Waals surface area contributed by atoms with Gasteiger partial charge in [-0.3, -0.25) is 0 Å². The van der Waals surface area contributed by atoms with E-state index in [0.717, 1.165) is 35.3 Å². The Morgan fingerprint density at radius 3 is 1.44 bits per heavy atom. The van der Waals surface area contributed by atoms with Gasteiger partial charge < -0.3 is 0 Å². The summed E-state index contributed by atoms with van der Waals surface area (Å²) in [6.45, 7) is 4.65. The Kier molecular flexibility index (Phi) is 6.32. The quantitative estimate of drug-likeness (QED) is 0.215. The van der Waals surface area contributed by atoms with E-state index in [1.807, 2.05) is 12.1 Å². The van der Waals surface area contributed by atoms with E-state index in [-0.39, 0.29) is 5.41 Å². The second-order valence-electron chi connectivity index (χ2n) is 10.9. The molecule has 0 N–H and O–H groups in total. The Balaban J connectivity index is 1.21. The number of rotatable bonds is 6. The number of aromatic nitrogens is 2. The molecule has 198 valence electrons. The summed E-state index contributed by atoms with van der Waals surface area (Å²) >= 11 is 0. The van der Waals surface area contributed by atoms with Crippen LogP contribution in [0.25, 0.3) is 57.2 Å². The van der Waals surface area contributed by atoms with Gasteiger partial charge in [-0.05, 0) is 82.6 Å². The Morgan fingerprint density at radius 1 is 0.512 bits per heavy atom. The minimum atomic E-state index is 0.000759. The lowest BCUT2D eigenvalue weighted by atomic mass is 9.73. The summed E-state index contributed by atoms with van der Waals surface area (Å²) < 4.78 is 0. The molecular weight excluding hydrogens is 496 g/mol. The fraction of sp³-hybridized carbons (Fsp3) is 0.128. The highest BCUT2D eigenvalue weighted by atomic mass is 14.7. The van der Waals surface area contributed by atoms with Gasteiger partial charge in [0.05, 0.1) is 22.4 Å². The maximum absolute atomic E-state index is 4.82. The molecule has 1 aliphatic rings. The lowest BCUT2D eigenvalue weighted by Gasteiger charge is -2.30. The topological polar surface area (TPSA) is 25.8 Å². The zero-order valence-electron chi connectivity index (χ0n) is 23.5. The molecule has 0 aliphatic heterocycles. The number of fused-ring (bicyclic) bond motifs is 5. The highest BCUT2D eigenvalue weighted by Gasteiger charge is 2.40. The van der Waals surface area contributed by atoms with Gasteiger partial charge in [0.2, 0.25) is 0 Å². The minimum absolute atomic E-state index is 0.000759. The molecule has 7 rings (SSSR count). The first-order valence-electron chi connectivity index (χ1n) is 14.5. The number of hydrogen-bond donors (Lipinski definition) is 0. The molecule has 0 fully saturated rings. The van der Waals surface area contributed by atoms with Crippen LogP contribution in [0.1, 0.15) is 60.3 Å². The van der Waals surface area contributed by atoms with Crippen LogP contribution in [0.4, 0.5) is 0 Å². The Morgan fingerprint density at radius 2 is 0.976 bits per heavy atom. The molecule has 0 unspecified atom stereocenters. The Bertz CT molecular complexity index is 1830. The van der Waals surface area contributed by atoms with Crippen LogP contribution in [0, 0.1) is 0 Å². The average molecular weight is 529 g/mol. The van der Waals surface area contributed by atoms with Gasteiger partial charge in [0.15, 0.2) is 0 Å². The molecule has 0 bridgehead atoms. The van der Waals surface area contributed by atoms with E-state index in [2.05, 4.69) is 135 Å². The molecule has 0 saturated carbocycles. The van der Waals surface area contributed by atoms with Crippen LogP contribution in [0.15, 0.2) is 109 Å². The van der Waals surface area contributed by atoms with Gasteiger partial charge >= 0.3 is 0 Å². The van der Waals surface area contributed by atoms with Crippen LogP contribution in [-0.2, 0) is 5.41 Å². The summed E-state index contributed by atoms with van der Waals surface area (Å²) in [6, 6.07) is 38.9. The van der Waals surface area contributed by atoms with Crippen molar-refractivity contribution in [1.29, 1.82) is 0 Å². The number of hydrogen-bond acceptors (Lipinski definition) is 2. The summed E-state index contributed by atoms with van der Waals surface area (Å²) in [6.07, 6.45) is 10.8. The molecule has 2 nitrogen and oxygen atoms in total. The first-order valence-corrected chi connectivity index (χ1v) is 14.5. The number of para-hydroxylation sites is 2. The molecule has 4 aromatic carbocycles. The normalized spacial score (nSPS) is 13.8. The van der Waals surface area contributed by atoms with Gasteiger partial charge in [-0.15, -0.1) is 0 Å². The van der Waals surface area contributed by atoms with E-state index in [1.165, 1.54) is 44.2 Å². The van der Waals surface area contributed by atoms with Crippen LogP contribution in [0.5, 0.6) is 0 Å². The van der Waals surface area contributed by atoms with Gasteiger partial charge in [0.25, 0.3) is 0 Å². The molecule has 1 aliphatic carbocycles. The van der Waals surface area contributed by atoms with Crippen molar-refractivity contribution in [2.24, 2.45) is 0 Å². The van der Waals surface area contributed by atoms with E-state index in [0.29, 0.717) is 0 Å². The van der Waals surface area contributed by atoms with E-state index in [1.54, 1.807) is 0 Å². The van der Waals surface area contributed by atoms with Gasteiger partial charge in [0.1, 0.15) is 0 Å². The standard InChI is InChI=1S/C39H32N2/c1-3-39(4-2)35-25-27(13-19-31-21-17-29-9-5-7-11-37(29)40-31)15-23-33(35)34-24-16-28(26-36(34)39)14-20-32-22-18-30-10-6-8-12-38(30)41-32/h5-26H,3-4H2,1-2H3/b19-13+,20-14+. The maximum Gasteiger partial charge on any atom is 0.0709 e. The number of pyridine rings is 2. The van der Waals surface area contributed by atoms with Crippen molar-refractivity contribution in [1.82, 2.24) is 9.97 Å². The van der Waals surface area contributed by atoms with E-state index in [4.69, 9.17) is 9.97 Å². The molecular formula is C39H32N2. The third-order valence-corrected chi connectivity index (χ3v) is 8.75. The summed E-state index contributed by atoms with van der Waals surface area (Å²) in [5, 5.41) is 2.33. The minimum Gasteiger partial charge on any atom is -0.248 e. The van der Waals surface area contributed by atoms with Crippen LogP contribution in [0.2, 0.25) is 0 Å².